The number of carbonyl (C=O) groups excluding carboxylic acids is 1. The number of nitrogen functional groups attached to an aromatic ring is 1. The van der Waals surface area contributed by atoms with Gasteiger partial charge in [-0.3, -0.25) is 4.79 Å². The van der Waals surface area contributed by atoms with Crippen LogP contribution in [0.3, 0.4) is 0 Å². The van der Waals surface area contributed by atoms with Gasteiger partial charge in [-0.15, -0.1) is 11.8 Å². The van der Waals surface area contributed by atoms with E-state index in [0.29, 0.717) is 21.6 Å². The van der Waals surface area contributed by atoms with E-state index < -0.39 is 5.91 Å². The van der Waals surface area contributed by atoms with E-state index in [1.54, 1.807) is 24.4 Å². The lowest BCUT2D eigenvalue weighted by Crippen LogP contribution is -2.15. The Kier molecular flexibility index (Phi) is 5.91. The molecule has 2 aromatic heterocycles. The van der Waals surface area contributed by atoms with Gasteiger partial charge in [0.1, 0.15) is 22.1 Å². The van der Waals surface area contributed by atoms with Crippen molar-refractivity contribution >= 4 is 40.8 Å². The predicted octanol–water partition coefficient (Wildman–Crippen LogP) is 4.13. The lowest BCUT2D eigenvalue weighted by Gasteiger charge is -2.10. The van der Waals surface area contributed by atoms with Gasteiger partial charge >= 0.3 is 0 Å². The summed E-state index contributed by atoms with van der Waals surface area (Å²) in [6, 6.07) is 16.1. The smallest absolute Gasteiger partial charge is 0.259 e. The highest BCUT2D eigenvalue weighted by atomic mass is 35.5. The Morgan fingerprint density at radius 3 is 2.70 bits per heavy atom. The van der Waals surface area contributed by atoms with Crippen LogP contribution in [-0.4, -0.2) is 15.9 Å². The summed E-state index contributed by atoms with van der Waals surface area (Å²) in [6.45, 7) is 0. The fourth-order valence-electron chi connectivity index (χ4n) is 2.25. The van der Waals surface area contributed by atoms with E-state index in [9.17, 15) is 10.1 Å². The van der Waals surface area contributed by atoms with Crippen molar-refractivity contribution in [1.82, 2.24) is 9.97 Å². The zero-order chi connectivity index (χ0) is 19.2. The van der Waals surface area contributed by atoms with Crippen LogP contribution >= 0.6 is 23.4 Å². The fraction of sp³-hybridized carbons (Fsp3) is 0.0526. The summed E-state index contributed by atoms with van der Waals surface area (Å²) in [6.07, 6.45) is 1.66. The van der Waals surface area contributed by atoms with Crippen molar-refractivity contribution in [3.05, 3.63) is 76.6 Å². The van der Waals surface area contributed by atoms with Gasteiger partial charge in [-0.05, 0) is 29.8 Å². The summed E-state index contributed by atoms with van der Waals surface area (Å²) in [5, 5.41) is 13.0. The molecule has 0 aliphatic carbocycles. The molecule has 0 radical (unpaired) electrons. The van der Waals surface area contributed by atoms with Gasteiger partial charge in [0.2, 0.25) is 0 Å². The predicted molar refractivity (Wildman–Crippen MR) is 107 cm³/mol. The minimum Gasteiger partial charge on any atom is -0.383 e. The number of rotatable bonds is 5. The van der Waals surface area contributed by atoms with Crippen molar-refractivity contribution < 1.29 is 4.79 Å². The average molecular weight is 396 g/mol. The number of para-hydroxylation sites is 1. The number of anilines is 2. The van der Waals surface area contributed by atoms with Gasteiger partial charge in [-0.2, -0.15) is 5.26 Å². The minimum atomic E-state index is -0.416. The molecule has 6 nitrogen and oxygen atoms in total. The number of thioether (sulfide) groups is 1. The lowest BCUT2D eigenvalue weighted by molar-refractivity contribution is 0.102. The molecule has 0 unspecified atom stereocenters. The molecule has 3 aromatic rings. The maximum absolute atomic E-state index is 12.5. The number of hydrogen-bond donors (Lipinski definition) is 2. The number of pyridine rings is 2. The highest BCUT2D eigenvalue weighted by Crippen LogP contribution is 2.27. The van der Waals surface area contributed by atoms with Gasteiger partial charge in [0.25, 0.3) is 5.91 Å². The van der Waals surface area contributed by atoms with E-state index in [0.717, 1.165) is 5.56 Å². The maximum Gasteiger partial charge on any atom is 0.259 e. The van der Waals surface area contributed by atoms with E-state index >= 15 is 0 Å². The van der Waals surface area contributed by atoms with Gasteiger partial charge in [-0.1, -0.05) is 35.9 Å². The van der Waals surface area contributed by atoms with E-state index in [1.807, 2.05) is 24.3 Å². The van der Waals surface area contributed by atoms with Crippen molar-refractivity contribution in [2.75, 3.05) is 11.1 Å². The summed E-state index contributed by atoms with van der Waals surface area (Å²) in [5.41, 5.74) is 7.97. The minimum absolute atomic E-state index is 0.0687. The van der Waals surface area contributed by atoms with Crippen molar-refractivity contribution in [2.24, 2.45) is 0 Å². The van der Waals surface area contributed by atoms with Crippen LogP contribution in [0.5, 0.6) is 0 Å². The monoisotopic (exact) mass is 395 g/mol. The summed E-state index contributed by atoms with van der Waals surface area (Å²) in [4.78, 5) is 20.7. The topological polar surface area (TPSA) is 105 Å². The van der Waals surface area contributed by atoms with Crippen molar-refractivity contribution in [2.45, 2.75) is 10.8 Å². The highest BCUT2D eigenvalue weighted by molar-refractivity contribution is 7.98. The summed E-state index contributed by atoms with van der Waals surface area (Å²) >= 11 is 7.12. The standard InChI is InChI=1S/C19H14ClN5OS/c20-16-7-6-12(10-23-16)11-27-19-13(9-21)8-15(17(22)25-19)18(26)24-14-4-2-1-3-5-14/h1-8,10H,11H2,(H2,22,25)(H,24,26). The first kappa shape index (κ1) is 18.7. The molecule has 0 aliphatic heterocycles. The number of aromatic nitrogens is 2. The molecule has 0 bridgehead atoms. The average Bonchev–Trinajstić information content (AvgIpc) is 2.68. The molecule has 8 heteroatoms. The molecule has 0 spiro atoms. The second kappa shape index (κ2) is 8.54. The normalized spacial score (nSPS) is 10.2. The lowest BCUT2D eigenvalue weighted by atomic mass is 10.2. The number of nitrogens with zero attached hydrogens (tertiary/aromatic N) is 3. The molecular weight excluding hydrogens is 382 g/mol. The number of carbonyl (C=O) groups is 1. The number of halogens is 1. The Labute approximate surface area is 165 Å². The summed E-state index contributed by atoms with van der Waals surface area (Å²) in [7, 11) is 0. The van der Waals surface area contributed by atoms with E-state index in [4.69, 9.17) is 17.3 Å². The second-order valence-electron chi connectivity index (χ2n) is 5.48. The third kappa shape index (κ3) is 4.76. The van der Waals surface area contributed by atoms with Crippen LogP contribution in [-0.2, 0) is 5.75 Å². The number of nitrogens with two attached hydrogens (primary N) is 1. The van der Waals surface area contributed by atoms with Crippen LogP contribution < -0.4 is 11.1 Å². The zero-order valence-corrected chi connectivity index (χ0v) is 15.6. The maximum atomic E-state index is 12.5. The van der Waals surface area contributed by atoms with Gasteiger partial charge in [0.15, 0.2) is 0 Å². The first-order valence-corrected chi connectivity index (χ1v) is 9.23. The molecule has 0 saturated heterocycles. The quantitative estimate of drug-likeness (QED) is 0.497. The molecule has 0 fully saturated rings. The number of amides is 1. The van der Waals surface area contributed by atoms with Gasteiger partial charge in [0, 0.05) is 17.6 Å². The van der Waals surface area contributed by atoms with Gasteiger partial charge in [-0.25, -0.2) is 9.97 Å². The molecule has 1 aromatic carbocycles. The Balaban J connectivity index is 1.79. The summed E-state index contributed by atoms with van der Waals surface area (Å²) in [5.74, 6) is 0.196. The molecular formula is C19H14ClN5OS. The Bertz CT molecular complexity index is 1000. The second-order valence-corrected chi connectivity index (χ2v) is 6.83. The van der Waals surface area contributed by atoms with Crippen molar-refractivity contribution in [1.29, 1.82) is 5.26 Å². The number of nitriles is 1. The first-order valence-electron chi connectivity index (χ1n) is 7.87. The Hall–Kier alpha value is -3.08. The van der Waals surface area contributed by atoms with E-state index in [2.05, 4.69) is 21.4 Å². The van der Waals surface area contributed by atoms with Crippen LogP contribution in [0, 0.1) is 11.3 Å². The molecule has 0 atom stereocenters. The Morgan fingerprint density at radius 2 is 2.04 bits per heavy atom. The Morgan fingerprint density at radius 1 is 1.26 bits per heavy atom. The molecule has 0 aliphatic rings. The molecule has 0 saturated carbocycles. The van der Waals surface area contributed by atoms with Crippen LogP contribution in [0.1, 0.15) is 21.5 Å². The molecule has 1 amide bonds. The van der Waals surface area contributed by atoms with Gasteiger partial charge in [0.05, 0.1) is 11.1 Å². The molecule has 134 valence electrons. The van der Waals surface area contributed by atoms with Crippen LogP contribution in [0.15, 0.2) is 59.8 Å². The third-order valence-electron chi connectivity index (χ3n) is 3.58. The van der Waals surface area contributed by atoms with Crippen LogP contribution in [0.25, 0.3) is 0 Å². The zero-order valence-electron chi connectivity index (χ0n) is 14.0. The fourth-order valence-corrected chi connectivity index (χ4v) is 3.25. The van der Waals surface area contributed by atoms with Crippen molar-refractivity contribution in [3.63, 3.8) is 0 Å². The first-order chi connectivity index (χ1) is 13.1. The van der Waals surface area contributed by atoms with Crippen molar-refractivity contribution in [3.8, 4) is 6.07 Å². The number of nitrogens with one attached hydrogen (secondary N) is 1. The largest absolute Gasteiger partial charge is 0.383 e. The molecule has 3 rings (SSSR count). The highest BCUT2D eigenvalue weighted by Gasteiger charge is 2.16. The van der Waals surface area contributed by atoms with Crippen LogP contribution in [0.2, 0.25) is 5.15 Å². The van der Waals surface area contributed by atoms with E-state index in [1.165, 1.54) is 17.8 Å². The SMILES string of the molecule is N#Cc1cc(C(=O)Nc2ccccc2)c(N)nc1SCc1ccc(Cl)nc1. The third-order valence-corrected chi connectivity index (χ3v) is 4.86. The molecule has 2 heterocycles. The molecule has 3 N–H and O–H groups in total. The summed E-state index contributed by atoms with van der Waals surface area (Å²) < 4.78 is 0. The number of benzene rings is 1. The molecule has 27 heavy (non-hydrogen) atoms. The number of hydrogen-bond acceptors (Lipinski definition) is 6. The van der Waals surface area contributed by atoms with E-state index in [-0.39, 0.29) is 16.9 Å². The van der Waals surface area contributed by atoms with Gasteiger partial charge < -0.3 is 11.1 Å². The van der Waals surface area contributed by atoms with Crippen LogP contribution in [0.4, 0.5) is 11.5 Å².